The van der Waals surface area contributed by atoms with Crippen LogP contribution in [-0.4, -0.2) is 40.6 Å². The number of carbonyl (C=O) groups is 1. The number of carboxylic acids is 1. The van der Waals surface area contributed by atoms with Gasteiger partial charge in [-0.15, -0.1) is 0 Å². The number of alkyl halides is 3. The highest BCUT2D eigenvalue weighted by atomic mass is 19.4. The predicted octanol–water partition coefficient (Wildman–Crippen LogP) is 2.57. The van der Waals surface area contributed by atoms with Crippen LogP contribution in [0, 0.1) is 6.92 Å². The summed E-state index contributed by atoms with van der Waals surface area (Å²) in [5, 5.41) is 16.8. The molecule has 0 spiro atoms. The monoisotopic (exact) mass is 366 g/mol. The number of aromatic carboxylic acids is 1. The van der Waals surface area contributed by atoms with E-state index >= 15 is 0 Å². The molecule has 3 aromatic rings. The normalized spacial score (nSPS) is 11.7. The van der Waals surface area contributed by atoms with Gasteiger partial charge in [-0.2, -0.15) is 23.4 Å². The fraction of sp³-hybridized carbons (Fsp3) is 0.267. The van der Waals surface area contributed by atoms with E-state index in [0.29, 0.717) is 17.8 Å². The first-order valence-electron chi connectivity index (χ1n) is 7.49. The summed E-state index contributed by atoms with van der Waals surface area (Å²) in [4.78, 5) is 18.5. The molecule has 0 aliphatic rings. The van der Waals surface area contributed by atoms with Gasteiger partial charge < -0.3 is 5.11 Å². The molecular weight excluding hydrogens is 353 g/mol. The molecule has 1 N–H and O–H groups in total. The quantitative estimate of drug-likeness (QED) is 0.762. The van der Waals surface area contributed by atoms with Crippen LogP contribution in [0.3, 0.4) is 0 Å². The van der Waals surface area contributed by atoms with Crippen LogP contribution >= 0.6 is 0 Å². The molecule has 0 unspecified atom stereocenters. The van der Waals surface area contributed by atoms with E-state index in [-0.39, 0.29) is 17.3 Å². The highest BCUT2D eigenvalue weighted by Crippen LogP contribution is 2.31. The minimum Gasteiger partial charge on any atom is -0.476 e. The van der Waals surface area contributed by atoms with E-state index in [0.717, 1.165) is 16.8 Å². The van der Waals surface area contributed by atoms with Gasteiger partial charge in [0.15, 0.2) is 11.4 Å². The van der Waals surface area contributed by atoms with Crippen molar-refractivity contribution < 1.29 is 23.1 Å². The number of carboxylic acid groups (broad SMARTS) is 1. The molecule has 0 amide bonds. The minimum absolute atomic E-state index is 0.0203. The van der Waals surface area contributed by atoms with Gasteiger partial charge in [-0.25, -0.2) is 19.4 Å². The topological polar surface area (TPSA) is 98.7 Å². The van der Waals surface area contributed by atoms with Crippen molar-refractivity contribution >= 4 is 5.97 Å². The average molecular weight is 366 g/mol. The van der Waals surface area contributed by atoms with Crippen molar-refractivity contribution in [2.24, 2.45) is 0 Å². The Morgan fingerprint density at radius 2 is 2.00 bits per heavy atom. The summed E-state index contributed by atoms with van der Waals surface area (Å²) < 4.78 is 42.2. The summed E-state index contributed by atoms with van der Waals surface area (Å²) in [6.07, 6.45) is -1.93. The van der Waals surface area contributed by atoms with Gasteiger partial charge >= 0.3 is 12.1 Å². The van der Waals surface area contributed by atoms with Gasteiger partial charge in [-0.05, 0) is 26.0 Å². The lowest BCUT2D eigenvalue weighted by atomic mass is 10.1. The lowest BCUT2D eigenvalue weighted by Gasteiger charge is -2.10. The van der Waals surface area contributed by atoms with E-state index in [4.69, 9.17) is 5.11 Å². The molecule has 3 aromatic heterocycles. The van der Waals surface area contributed by atoms with Crippen LogP contribution in [0.15, 0.2) is 24.5 Å². The van der Waals surface area contributed by atoms with Gasteiger partial charge in [0.2, 0.25) is 0 Å². The number of rotatable bonds is 4. The number of aryl methyl sites for hydroxylation is 2. The van der Waals surface area contributed by atoms with Crippen LogP contribution in [0.2, 0.25) is 0 Å². The molecule has 0 saturated heterocycles. The van der Waals surface area contributed by atoms with Crippen LogP contribution in [0.4, 0.5) is 13.2 Å². The van der Waals surface area contributed by atoms with Crippen molar-refractivity contribution in [3.05, 3.63) is 41.6 Å². The Morgan fingerprint density at radius 3 is 2.54 bits per heavy atom. The highest BCUT2D eigenvalue weighted by Gasteiger charge is 2.34. The maximum atomic E-state index is 13.2. The second kappa shape index (κ2) is 6.24. The van der Waals surface area contributed by atoms with E-state index in [1.54, 1.807) is 17.8 Å². The predicted molar refractivity (Wildman–Crippen MR) is 82.7 cm³/mol. The minimum atomic E-state index is -4.70. The molecule has 0 bridgehead atoms. The van der Waals surface area contributed by atoms with Gasteiger partial charge in [0.05, 0.1) is 11.4 Å². The van der Waals surface area contributed by atoms with E-state index in [1.807, 2.05) is 6.92 Å². The summed E-state index contributed by atoms with van der Waals surface area (Å²) in [5.41, 5.74) is -0.536. The van der Waals surface area contributed by atoms with Crippen LogP contribution in [0.5, 0.6) is 0 Å². The van der Waals surface area contributed by atoms with E-state index in [1.165, 1.54) is 6.20 Å². The molecule has 0 aliphatic heterocycles. The first kappa shape index (κ1) is 17.6. The van der Waals surface area contributed by atoms with Crippen molar-refractivity contribution in [2.45, 2.75) is 26.6 Å². The highest BCUT2D eigenvalue weighted by molar-refractivity contribution is 5.85. The third kappa shape index (κ3) is 3.27. The first-order chi connectivity index (χ1) is 12.2. The van der Waals surface area contributed by atoms with Gasteiger partial charge in [-0.3, -0.25) is 4.68 Å². The molecule has 0 radical (unpaired) electrons. The third-order valence-electron chi connectivity index (χ3n) is 3.56. The summed E-state index contributed by atoms with van der Waals surface area (Å²) in [6, 6.07) is 1.97. The Balaban J connectivity index is 2.18. The Morgan fingerprint density at radius 1 is 1.27 bits per heavy atom. The molecule has 0 fully saturated rings. The lowest BCUT2D eigenvalue weighted by Crippen LogP contribution is -2.13. The Hall–Kier alpha value is -3.24. The smallest absolute Gasteiger partial charge is 0.433 e. The molecule has 0 saturated carbocycles. The molecular formula is C15H13F3N6O2. The zero-order valence-corrected chi connectivity index (χ0v) is 13.7. The van der Waals surface area contributed by atoms with Gasteiger partial charge in [0, 0.05) is 24.5 Å². The molecule has 0 aromatic carbocycles. The zero-order valence-electron chi connectivity index (χ0n) is 13.7. The van der Waals surface area contributed by atoms with Crippen molar-refractivity contribution in [3.8, 4) is 17.2 Å². The second-order valence-corrected chi connectivity index (χ2v) is 5.37. The fourth-order valence-corrected chi connectivity index (χ4v) is 2.30. The summed E-state index contributed by atoms with van der Waals surface area (Å²) in [7, 11) is 0. The first-order valence-corrected chi connectivity index (χ1v) is 7.49. The fourth-order valence-electron chi connectivity index (χ4n) is 2.30. The van der Waals surface area contributed by atoms with E-state index in [9.17, 15) is 18.0 Å². The van der Waals surface area contributed by atoms with Gasteiger partial charge in [0.25, 0.3) is 5.95 Å². The molecule has 0 aliphatic carbocycles. The van der Waals surface area contributed by atoms with Crippen molar-refractivity contribution in [3.63, 3.8) is 0 Å². The number of aromatic nitrogens is 6. The maximum absolute atomic E-state index is 13.2. The van der Waals surface area contributed by atoms with Crippen molar-refractivity contribution in [2.75, 3.05) is 0 Å². The standard InChI is InChI=1S/C15H13F3N6O2/c1-3-23-7-9(8(2)21-23)11-6-12(15(16,17)18)20-14(19-11)24-5-4-10(22-24)13(25)26/h4-7H,3H2,1-2H3,(H,25,26). The van der Waals surface area contributed by atoms with Crippen LogP contribution in [0.1, 0.15) is 28.8 Å². The third-order valence-corrected chi connectivity index (χ3v) is 3.56. The zero-order chi connectivity index (χ0) is 19.1. The Bertz CT molecular complexity index is 976. The molecule has 0 atom stereocenters. The number of halogens is 3. The Labute approximate surface area is 144 Å². The molecule has 26 heavy (non-hydrogen) atoms. The molecule has 3 heterocycles. The van der Waals surface area contributed by atoms with Crippen LogP contribution in [-0.2, 0) is 12.7 Å². The summed E-state index contributed by atoms with van der Waals surface area (Å²) >= 11 is 0. The average Bonchev–Trinajstić information content (AvgIpc) is 3.20. The molecule has 3 rings (SSSR count). The van der Waals surface area contributed by atoms with Crippen LogP contribution < -0.4 is 0 Å². The largest absolute Gasteiger partial charge is 0.476 e. The SMILES string of the molecule is CCn1cc(-c2cc(C(F)(F)F)nc(-n3ccc(C(=O)O)n3)n2)c(C)n1. The van der Waals surface area contributed by atoms with Crippen molar-refractivity contribution in [1.29, 1.82) is 0 Å². The molecule has 8 nitrogen and oxygen atoms in total. The van der Waals surface area contributed by atoms with E-state index in [2.05, 4.69) is 20.2 Å². The number of hydrogen-bond donors (Lipinski definition) is 1. The molecule has 11 heteroatoms. The summed E-state index contributed by atoms with van der Waals surface area (Å²) in [6.45, 7) is 4.05. The number of nitrogens with zero attached hydrogens (tertiary/aromatic N) is 6. The van der Waals surface area contributed by atoms with E-state index < -0.39 is 17.8 Å². The second-order valence-electron chi connectivity index (χ2n) is 5.37. The summed E-state index contributed by atoms with van der Waals surface area (Å²) in [5.74, 6) is -1.69. The molecule has 136 valence electrons. The van der Waals surface area contributed by atoms with Gasteiger partial charge in [-0.1, -0.05) is 0 Å². The van der Waals surface area contributed by atoms with Gasteiger partial charge in [0.1, 0.15) is 0 Å². The van der Waals surface area contributed by atoms with Crippen molar-refractivity contribution in [1.82, 2.24) is 29.5 Å². The van der Waals surface area contributed by atoms with Crippen LogP contribution in [0.25, 0.3) is 17.2 Å². The maximum Gasteiger partial charge on any atom is 0.433 e. The Kier molecular flexibility index (Phi) is 4.22. The lowest BCUT2D eigenvalue weighted by molar-refractivity contribution is -0.141. The number of hydrogen-bond acceptors (Lipinski definition) is 5.